The largest absolute Gasteiger partial charge is 0.497 e. The summed E-state index contributed by atoms with van der Waals surface area (Å²) in [5, 5.41) is 4.57. The minimum Gasteiger partial charge on any atom is -0.497 e. The first-order chi connectivity index (χ1) is 9.31. The van der Waals surface area contributed by atoms with Crippen LogP contribution in [-0.4, -0.2) is 21.7 Å². The molecule has 0 unspecified atom stereocenters. The van der Waals surface area contributed by atoms with Gasteiger partial charge in [0.25, 0.3) is 0 Å². The average molecular weight is 254 g/mol. The van der Waals surface area contributed by atoms with Gasteiger partial charge in [0.05, 0.1) is 24.7 Å². The number of hydrogen-bond acceptors (Lipinski definition) is 4. The Balaban J connectivity index is 2.13. The van der Waals surface area contributed by atoms with Gasteiger partial charge in [0, 0.05) is 12.1 Å². The highest BCUT2D eigenvalue weighted by Gasteiger charge is 2.06. The second-order valence-electron chi connectivity index (χ2n) is 4.17. The van der Waals surface area contributed by atoms with Crippen LogP contribution in [0.3, 0.4) is 0 Å². The predicted octanol–water partition coefficient (Wildman–Crippen LogP) is 1.86. The molecular formula is C14H14N4O. The minimum atomic E-state index is 0.412. The predicted molar refractivity (Wildman–Crippen MR) is 72.9 cm³/mol. The smallest absolute Gasteiger partial charge is 0.153 e. The molecule has 3 rings (SSSR count). The SMILES string of the molecule is COc1cccc(-c2ccc3ncc(CN)n3n2)c1. The molecule has 3 aromatic rings. The number of nitrogens with two attached hydrogens (primary N) is 1. The number of aromatic nitrogens is 3. The molecule has 0 radical (unpaired) electrons. The minimum absolute atomic E-state index is 0.412. The number of imidazole rings is 1. The van der Waals surface area contributed by atoms with Crippen molar-refractivity contribution in [1.29, 1.82) is 0 Å². The Hall–Kier alpha value is -2.40. The summed E-state index contributed by atoms with van der Waals surface area (Å²) in [5.41, 5.74) is 9.22. The first kappa shape index (κ1) is 11.7. The molecule has 0 aliphatic rings. The first-order valence-corrected chi connectivity index (χ1v) is 6.00. The number of benzene rings is 1. The van der Waals surface area contributed by atoms with E-state index in [4.69, 9.17) is 10.5 Å². The number of nitrogens with zero attached hydrogens (tertiary/aromatic N) is 3. The van der Waals surface area contributed by atoms with Crippen molar-refractivity contribution in [2.45, 2.75) is 6.54 Å². The van der Waals surface area contributed by atoms with Crippen LogP contribution in [0.2, 0.25) is 0 Å². The zero-order chi connectivity index (χ0) is 13.2. The zero-order valence-corrected chi connectivity index (χ0v) is 10.6. The highest BCUT2D eigenvalue weighted by atomic mass is 16.5. The van der Waals surface area contributed by atoms with Gasteiger partial charge in [0.15, 0.2) is 5.65 Å². The van der Waals surface area contributed by atoms with Crippen LogP contribution < -0.4 is 10.5 Å². The molecule has 2 aromatic heterocycles. The maximum absolute atomic E-state index is 5.67. The van der Waals surface area contributed by atoms with E-state index >= 15 is 0 Å². The third-order valence-corrected chi connectivity index (χ3v) is 3.01. The Morgan fingerprint density at radius 1 is 1.26 bits per heavy atom. The van der Waals surface area contributed by atoms with Gasteiger partial charge in [-0.15, -0.1) is 0 Å². The molecule has 5 nitrogen and oxygen atoms in total. The van der Waals surface area contributed by atoms with Gasteiger partial charge in [0.2, 0.25) is 0 Å². The summed E-state index contributed by atoms with van der Waals surface area (Å²) in [7, 11) is 1.65. The molecule has 0 aliphatic carbocycles. The van der Waals surface area contributed by atoms with Gasteiger partial charge in [-0.1, -0.05) is 12.1 Å². The summed E-state index contributed by atoms with van der Waals surface area (Å²) in [6, 6.07) is 11.7. The molecule has 96 valence electrons. The first-order valence-electron chi connectivity index (χ1n) is 6.00. The van der Waals surface area contributed by atoms with Gasteiger partial charge in [-0.3, -0.25) is 0 Å². The molecule has 5 heteroatoms. The summed E-state index contributed by atoms with van der Waals surface area (Å²) in [4.78, 5) is 4.25. The van der Waals surface area contributed by atoms with Crippen LogP contribution in [0.4, 0.5) is 0 Å². The Labute approximate surface area is 110 Å². The number of ether oxygens (including phenoxy) is 1. The van der Waals surface area contributed by atoms with Crippen LogP contribution >= 0.6 is 0 Å². The van der Waals surface area contributed by atoms with Crippen molar-refractivity contribution in [3.05, 3.63) is 48.3 Å². The summed E-state index contributed by atoms with van der Waals surface area (Å²) < 4.78 is 7.00. The average Bonchev–Trinajstić information content (AvgIpc) is 2.89. The molecule has 0 saturated heterocycles. The Morgan fingerprint density at radius 3 is 2.95 bits per heavy atom. The molecule has 19 heavy (non-hydrogen) atoms. The molecule has 2 N–H and O–H groups in total. The van der Waals surface area contributed by atoms with Crippen LogP contribution in [0.15, 0.2) is 42.6 Å². The molecule has 0 fully saturated rings. The van der Waals surface area contributed by atoms with Crippen molar-refractivity contribution in [3.8, 4) is 17.0 Å². The number of methoxy groups -OCH3 is 1. The molecule has 1 aromatic carbocycles. The topological polar surface area (TPSA) is 65.4 Å². The standard InChI is InChI=1S/C14H14N4O/c1-19-12-4-2-3-10(7-12)13-5-6-14-16-9-11(8-15)18(14)17-13/h2-7,9H,8,15H2,1H3. The van der Waals surface area contributed by atoms with E-state index < -0.39 is 0 Å². The molecule has 0 bridgehead atoms. The number of rotatable bonds is 3. The monoisotopic (exact) mass is 254 g/mol. The van der Waals surface area contributed by atoms with Gasteiger partial charge < -0.3 is 10.5 Å². The Bertz CT molecular complexity index is 720. The molecule has 0 amide bonds. The van der Waals surface area contributed by atoms with Gasteiger partial charge in [0.1, 0.15) is 5.75 Å². The van der Waals surface area contributed by atoms with Crippen LogP contribution in [0.5, 0.6) is 5.75 Å². The van der Waals surface area contributed by atoms with E-state index in [0.29, 0.717) is 6.54 Å². The van der Waals surface area contributed by atoms with E-state index in [-0.39, 0.29) is 0 Å². The summed E-state index contributed by atoms with van der Waals surface area (Å²) >= 11 is 0. The summed E-state index contributed by atoms with van der Waals surface area (Å²) in [5.74, 6) is 0.809. The Morgan fingerprint density at radius 2 is 2.16 bits per heavy atom. The molecule has 0 saturated carbocycles. The molecule has 0 spiro atoms. The van der Waals surface area contributed by atoms with E-state index in [2.05, 4.69) is 10.1 Å². The third-order valence-electron chi connectivity index (χ3n) is 3.01. The lowest BCUT2D eigenvalue weighted by atomic mass is 10.1. The number of fused-ring (bicyclic) bond motifs is 1. The fourth-order valence-electron chi connectivity index (χ4n) is 2.00. The van der Waals surface area contributed by atoms with Crippen molar-refractivity contribution in [2.24, 2.45) is 5.73 Å². The van der Waals surface area contributed by atoms with Crippen molar-refractivity contribution in [2.75, 3.05) is 7.11 Å². The molecule has 0 aliphatic heterocycles. The van der Waals surface area contributed by atoms with Gasteiger partial charge in [-0.2, -0.15) is 5.10 Å². The summed E-state index contributed by atoms with van der Waals surface area (Å²) in [6.45, 7) is 0.412. The molecular weight excluding hydrogens is 240 g/mol. The quantitative estimate of drug-likeness (QED) is 0.774. The van der Waals surface area contributed by atoms with Crippen LogP contribution in [-0.2, 0) is 6.54 Å². The maximum Gasteiger partial charge on any atom is 0.153 e. The van der Waals surface area contributed by atoms with E-state index in [1.54, 1.807) is 17.8 Å². The molecule has 2 heterocycles. The highest BCUT2D eigenvalue weighted by molar-refractivity contribution is 5.62. The fourth-order valence-corrected chi connectivity index (χ4v) is 2.00. The van der Waals surface area contributed by atoms with Gasteiger partial charge in [-0.05, 0) is 24.3 Å². The second-order valence-corrected chi connectivity index (χ2v) is 4.17. The van der Waals surface area contributed by atoms with Crippen LogP contribution in [0, 0.1) is 0 Å². The normalized spacial score (nSPS) is 10.8. The lowest BCUT2D eigenvalue weighted by Gasteiger charge is -2.05. The van der Waals surface area contributed by atoms with Crippen molar-refractivity contribution >= 4 is 5.65 Å². The highest BCUT2D eigenvalue weighted by Crippen LogP contribution is 2.22. The van der Waals surface area contributed by atoms with Gasteiger partial charge >= 0.3 is 0 Å². The number of hydrogen-bond donors (Lipinski definition) is 1. The lowest BCUT2D eigenvalue weighted by Crippen LogP contribution is -2.04. The lowest BCUT2D eigenvalue weighted by molar-refractivity contribution is 0.415. The van der Waals surface area contributed by atoms with Gasteiger partial charge in [-0.25, -0.2) is 9.50 Å². The van der Waals surface area contributed by atoms with Crippen molar-refractivity contribution in [1.82, 2.24) is 14.6 Å². The maximum atomic E-state index is 5.67. The second kappa shape index (κ2) is 4.70. The van der Waals surface area contributed by atoms with E-state index in [0.717, 1.165) is 28.3 Å². The summed E-state index contributed by atoms with van der Waals surface area (Å²) in [6.07, 6.45) is 1.75. The van der Waals surface area contributed by atoms with E-state index in [1.165, 1.54) is 0 Å². The van der Waals surface area contributed by atoms with Crippen LogP contribution in [0.1, 0.15) is 5.69 Å². The Kier molecular flexibility index (Phi) is 2.89. The van der Waals surface area contributed by atoms with E-state index in [1.807, 2.05) is 36.4 Å². The molecule has 0 atom stereocenters. The zero-order valence-electron chi connectivity index (χ0n) is 10.6. The van der Waals surface area contributed by atoms with Crippen molar-refractivity contribution < 1.29 is 4.74 Å². The third kappa shape index (κ3) is 2.04. The van der Waals surface area contributed by atoms with Crippen molar-refractivity contribution in [3.63, 3.8) is 0 Å². The van der Waals surface area contributed by atoms with E-state index in [9.17, 15) is 0 Å². The van der Waals surface area contributed by atoms with Crippen LogP contribution in [0.25, 0.3) is 16.9 Å². The fraction of sp³-hybridized carbons (Fsp3) is 0.143.